The van der Waals surface area contributed by atoms with Crippen molar-refractivity contribution in [3.63, 3.8) is 0 Å². The molecule has 0 radical (unpaired) electrons. The second kappa shape index (κ2) is 4.70. The van der Waals surface area contributed by atoms with Gasteiger partial charge in [-0.2, -0.15) is 4.31 Å². The zero-order valence-electron chi connectivity index (χ0n) is 13.8. The summed E-state index contributed by atoms with van der Waals surface area (Å²) in [6.45, 7) is 4.61. The number of nitrogens with zero attached hydrogens (tertiary/aromatic N) is 4. The summed E-state index contributed by atoms with van der Waals surface area (Å²) < 4.78 is 28.7. The van der Waals surface area contributed by atoms with Gasteiger partial charge in [-0.1, -0.05) is 13.8 Å². The van der Waals surface area contributed by atoms with Crippen molar-refractivity contribution in [3.05, 3.63) is 18.3 Å². The van der Waals surface area contributed by atoms with Crippen molar-refractivity contribution < 1.29 is 8.42 Å². The van der Waals surface area contributed by atoms with E-state index in [1.807, 2.05) is 13.8 Å². The molecule has 2 aromatic rings. The standard InChI is InChI=1S/C16H21N5O2S/c1-3-20(4-2)24(22,23)9-5-6-12-18-19-16(21(12)8-9)17-11-7-10-13-14(10)15(11)13/h5-6,8,10-11,13-15H,3-4,7H2,1-2H3,(H,17,19)/t10-,11-,13?,14?,15-/m1/s1. The molecular formula is C16H21N5O2S. The maximum atomic E-state index is 12.7. The maximum Gasteiger partial charge on any atom is 0.244 e. The van der Waals surface area contributed by atoms with Crippen molar-refractivity contribution in [1.82, 2.24) is 18.9 Å². The Kier molecular flexibility index (Phi) is 2.87. The molecule has 0 spiro atoms. The van der Waals surface area contributed by atoms with E-state index in [1.165, 1.54) is 10.7 Å². The van der Waals surface area contributed by atoms with Crippen LogP contribution in [-0.4, -0.2) is 46.5 Å². The van der Waals surface area contributed by atoms with Gasteiger partial charge in [-0.25, -0.2) is 8.42 Å². The van der Waals surface area contributed by atoms with Crippen LogP contribution in [-0.2, 0) is 10.0 Å². The summed E-state index contributed by atoms with van der Waals surface area (Å²) in [6.07, 6.45) is 2.85. The molecule has 4 aliphatic carbocycles. The Labute approximate surface area is 141 Å². The second-order valence-corrected chi connectivity index (χ2v) is 9.03. The minimum Gasteiger partial charge on any atom is -0.351 e. The molecule has 128 valence electrons. The summed E-state index contributed by atoms with van der Waals surface area (Å²) in [7, 11) is -3.48. The van der Waals surface area contributed by atoms with E-state index in [0.29, 0.717) is 30.7 Å². The summed E-state index contributed by atoms with van der Waals surface area (Å²) >= 11 is 0. The highest BCUT2D eigenvalue weighted by Gasteiger charge is 2.80. The van der Waals surface area contributed by atoms with Gasteiger partial charge in [0, 0.05) is 25.3 Å². The van der Waals surface area contributed by atoms with Crippen molar-refractivity contribution in [2.45, 2.75) is 31.2 Å². The third kappa shape index (κ3) is 1.84. The van der Waals surface area contributed by atoms with Gasteiger partial charge in [0.25, 0.3) is 0 Å². The van der Waals surface area contributed by atoms with Crippen LogP contribution in [0.1, 0.15) is 20.3 Å². The van der Waals surface area contributed by atoms with E-state index in [-0.39, 0.29) is 4.90 Å². The number of fused-ring (bicyclic) bond motifs is 2. The van der Waals surface area contributed by atoms with Gasteiger partial charge in [0.2, 0.25) is 16.0 Å². The SMILES string of the molecule is CCN(CC)S(=O)(=O)c1ccc2nnc(N[C@@H]3C[C@H]4C5C4[C@H]53)n2c1. The Balaban J connectivity index is 1.49. The minimum absolute atomic E-state index is 0.280. The molecule has 4 saturated carbocycles. The number of hydrogen-bond acceptors (Lipinski definition) is 5. The Bertz CT molecular complexity index is 903. The van der Waals surface area contributed by atoms with Gasteiger partial charge in [-0.3, -0.25) is 4.40 Å². The number of anilines is 1. The lowest BCUT2D eigenvalue weighted by Crippen LogP contribution is -2.30. The van der Waals surface area contributed by atoms with Crippen LogP contribution in [0.5, 0.6) is 0 Å². The van der Waals surface area contributed by atoms with Gasteiger partial charge >= 0.3 is 0 Å². The Hall–Kier alpha value is -1.67. The molecule has 0 amide bonds. The zero-order valence-corrected chi connectivity index (χ0v) is 14.6. The largest absolute Gasteiger partial charge is 0.351 e. The van der Waals surface area contributed by atoms with Crippen LogP contribution < -0.4 is 5.32 Å². The summed E-state index contributed by atoms with van der Waals surface area (Å²) in [5, 5.41) is 11.9. The average Bonchev–Trinajstić information content (AvgIpc) is 3.30. The first-order valence-corrected chi connectivity index (χ1v) is 10.1. The molecule has 0 aromatic carbocycles. The molecule has 8 heteroatoms. The number of hydrogen-bond donors (Lipinski definition) is 1. The molecule has 1 N–H and O–H groups in total. The summed E-state index contributed by atoms with van der Waals surface area (Å²) in [6, 6.07) is 3.80. The maximum absolute atomic E-state index is 12.7. The lowest BCUT2D eigenvalue weighted by Gasteiger charge is -2.18. The van der Waals surface area contributed by atoms with Crippen molar-refractivity contribution >= 4 is 21.6 Å². The number of sulfonamides is 1. The third-order valence-electron chi connectivity index (χ3n) is 6.06. The zero-order chi connectivity index (χ0) is 16.6. The molecule has 2 bridgehead atoms. The quantitative estimate of drug-likeness (QED) is 0.855. The number of rotatable bonds is 6. The van der Waals surface area contributed by atoms with E-state index in [1.54, 1.807) is 22.7 Å². The normalized spacial score (nSPS) is 33.0. The lowest BCUT2D eigenvalue weighted by atomic mass is 10.2. The van der Waals surface area contributed by atoms with Crippen LogP contribution in [0.4, 0.5) is 5.95 Å². The fraction of sp³-hybridized carbons (Fsp3) is 0.625. The third-order valence-corrected chi connectivity index (χ3v) is 8.10. The van der Waals surface area contributed by atoms with E-state index < -0.39 is 10.0 Å². The first-order valence-electron chi connectivity index (χ1n) is 8.67. The number of nitrogens with one attached hydrogen (secondary N) is 1. The van der Waals surface area contributed by atoms with Gasteiger partial charge in [-0.15, -0.1) is 10.2 Å². The van der Waals surface area contributed by atoms with E-state index in [0.717, 1.165) is 23.7 Å². The fourth-order valence-corrected chi connectivity index (χ4v) is 6.15. The molecule has 4 aliphatic rings. The summed E-state index contributed by atoms with van der Waals surface area (Å²) in [5.41, 5.74) is 0.661. The molecule has 2 aromatic heterocycles. The smallest absolute Gasteiger partial charge is 0.244 e. The van der Waals surface area contributed by atoms with Gasteiger partial charge in [0.1, 0.15) is 0 Å². The van der Waals surface area contributed by atoms with Crippen LogP contribution in [0.3, 0.4) is 0 Å². The topological polar surface area (TPSA) is 79.6 Å². The van der Waals surface area contributed by atoms with E-state index in [2.05, 4.69) is 15.5 Å². The highest BCUT2D eigenvalue weighted by atomic mass is 32.2. The second-order valence-electron chi connectivity index (χ2n) is 7.09. The Morgan fingerprint density at radius 2 is 1.96 bits per heavy atom. The van der Waals surface area contributed by atoms with Crippen molar-refractivity contribution in [2.24, 2.45) is 23.7 Å². The summed E-state index contributed by atoms with van der Waals surface area (Å²) in [5.74, 6) is 4.31. The lowest BCUT2D eigenvalue weighted by molar-refractivity contribution is 0.445. The molecule has 2 heterocycles. The molecule has 0 saturated heterocycles. The summed E-state index contributed by atoms with van der Waals surface area (Å²) in [4.78, 5) is 0.280. The van der Waals surface area contributed by atoms with Crippen LogP contribution in [0.25, 0.3) is 5.65 Å². The molecule has 2 unspecified atom stereocenters. The van der Waals surface area contributed by atoms with Crippen molar-refractivity contribution in [3.8, 4) is 0 Å². The predicted molar refractivity (Wildman–Crippen MR) is 89.1 cm³/mol. The van der Waals surface area contributed by atoms with Crippen LogP contribution in [0.2, 0.25) is 0 Å². The Morgan fingerprint density at radius 3 is 2.58 bits per heavy atom. The predicted octanol–water partition coefficient (Wildman–Crippen LogP) is 1.44. The van der Waals surface area contributed by atoms with E-state index in [4.69, 9.17) is 0 Å². The molecule has 3 atom stereocenters. The van der Waals surface area contributed by atoms with Gasteiger partial charge in [0.15, 0.2) is 5.65 Å². The van der Waals surface area contributed by atoms with Gasteiger partial charge < -0.3 is 5.32 Å². The molecule has 24 heavy (non-hydrogen) atoms. The highest BCUT2D eigenvalue weighted by molar-refractivity contribution is 7.89. The fourth-order valence-electron chi connectivity index (χ4n) is 4.70. The van der Waals surface area contributed by atoms with Crippen molar-refractivity contribution in [2.75, 3.05) is 18.4 Å². The van der Waals surface area contributed by atoms with Gasteiger partial charge in [-0.05, 0) is 42.2 Å². The molecule has 0 aliphatic heterocycles. The van der Waals surface area contributed by atoms with Crippen LogP contribution >= 0.6 is 0 Å². The monoisotopic (exact) mass is 347 g/mol. The molecule has 6 rings (SSSR count). The number of pyridine rings is 1. The molecular weight excluding hydrogens is 326 g/mol. The van der Waals surface area contributed by atoms with Gasteiger partial charge in [0.05, 0.1) is 4.90 Å². The number of aromatic nitrogens is 3. The molecule has 7 nitrogen and oxygen atoms in total. The van der Waals surface area contributed by atoms with Crippen LogP contribution in [0, 0.1) is 23.7 Å². The minimum atomic E-state index is -3.48. The van der Waals surface area contributed by atoms with E-state index >= 15 is 0 Å². The van der Waals surface area contributed by atoms with Crippen LogP contribution in [0.15, 0.2) is 23.2 Å². The molecule has 4 fully saturated rings. The Morgan fingerprint density at radius 1 is 1.21 bits per heavy atom. The highest BCUT2D eigenvalue weighted by Crippen LogP contribution is 2.81. The average molecular weight is 347 g/mol. The van der Waals surface area contributed by atoms with E-state index in [9.17, 15) is 8.42 Å². The van der Waals surface area contributed by atoms with Crippen molar-refractivity contribution in [1.29, 1.82) is 0 Å². The first-order chi connectivity index (χ1) is 11.6. The first kappa shape index (κ1) is 14.7.